The van der Waals surface area contributed by atoms with Gasteiger partial charge in [0.2, 0.25) is 0 Å². The molecule has 3 heterocycles. The molecule has 1 aromatic heterocycles. The number of carbonyl (C=O) groups is 3. The number of ether oxygens (including phenoxy) is 5. The number of hydrogen-bond donors (Lipinski definition) is 2. The van der Waals surface area contributed by atoms with Gasteiger partial charge in [-0.3, -0.25) is 14.6 Å². The molecule has 336 valence electrons. The first-order chi connectivity index (χ1) is 29.8. The van der Waals surface area contributed by atoms with Crippen molar-refractivity contribution < 1.29 is 48.3 Å². The summed E-state index contributed by atoms with van der Waals surface area (Å²) < 4.78 is 31.6. The van der Waals surface area contributed by atoms with Crippen LogP contribution in [-0.2, 0) is 44.7 Å². The van der Waals surface area contributed by atoms with Crippen LogP contribution < -0.4 is 0 Å². The molecule has 12 atom stereocenters. The third kappa shape index (κ3) is 13.6. The molecule has 0 unspecified atom stereocenters. The maximum absolute atomic E-state index is 13.6. The molecule has 1 fully saturated rings. The number of pyridine rings is 1. The summed E-state index contributed by atoms with van der Waals surface area (Å²) in [5.41, 5.74) is 3.66. The Hall–Kier alpha value is -4.40. The molecule has 12 heteroatoms. The van der Waals surface area contributed by atoms with Crippen LogP contribution >= 0.6 is 0 Å². The molecule has 0 amide bonds. The van der Waals surface area contributed by atoms with E-state index in [0.29, 0.717) is 13.0 Å². The van der Waals surface area contributed by atoms with E-state index >= 15 is 0 Å². The maximum atomic E-state index is 13.6. The number of cyclic esters (lactones) is 1. The number of nitrogens with zero attached hydrogens (tertiary/aromatic N) is 2. The SMILES string of the molecule is CC[C@H]1OC(=O)C[C@@H](O)[C@H](C)[C@@H](O[C@@H]2O[C@H](C)[C@@H](OC/C=C/c3cnc4ccccc4c3)[C@H](N(C)C)[C@H]2O)[C@@H](CC=O)C[C@@H](C)C(=O)/C=C/C(C)=C/[C@@H]1COCc1ccccc1. The molecule has 2 aliphatic rings. The number of hydrogen-bond acceptors (Lipinski definition) is 12. The highest BCUT2D eigenvalue weighted by Gasteiger charge is 2.48. The molecule has 5 rings (SSSR count). The highest BCUT2D eigenvalue weighted by Crippen LogP contribution is 2.35. The van der Waals surface area contributed by atoms with Gasteiger partial charge in [0.05, 0.1) is 56.1 Å². The number of para-hydroxylation sites is 1. The Bertz CT molecular complexity index is 1980. The Morgan fingerprint density at radius 2 is 1.73 bits per heavy atom. The quantitative estimate of drug-likeness (QED) is 0.128. The number of esters is 1. The molecule has 1 saturated heterocycles. The number of aldehydes is 1. The Balaban J connectivity index is 1.34. The van der Waals surface area contributed by atoms with E-state index in [2.05, 4.69) is 11.1 Å². The van der Waals surface area contributed by atoms with Crippen LogP contribution in [-0.4, -0.2) is 114 Å². The minimum Gasteiger partial charge on any atom is -0.462 e. The molecule has 3 aromatic rings. The largest absolute Gasteiger partial charge is 0.462 e. The van der Waals surface area contributed by atoms with Crippen LogP contribution in [0.15, 0.2) is 96.7 Å². The fourth-order valence-corrected chi connectivity index (χ4v) is 8.54. The second-order valence-electron chi connectivity index (χ2n) is 17.1. The van der Waals surface area contributed by atoms with Crippen molar-refractivity contribution in [3.8, 4) is 0 Å². The number of likely N-dealkylation sites (N-methyl/N-ethyl adjacent to an activating group) is 1. The lowest BCUT2D eigenvalue weighted by atomic mass is 9.79. The number of aromatic nitrogens is 1. The number of aliphatic hydroxyl groups is 2. The van der Waals surface area contributed by atoms with Gasteiger partial charge in [-0.1, -0.05) is 99.2 Å². The molecule has 0 bridgehead atoms. The summed E-state index contributed by atoms with van der Waals surface area (Å²) in [6, 6.07) is 19.2. The zero-order chi connectivity index (χ0) is 44.8. The molecule has 2 aliphatic heterocycles. The average molecular weight is 855 g/mol. The van der Waals surface area contributed by atoms with Crippen LogP contribution in [0.25, 0.3) is 17.0 Å². The van der Waals surface area contributed by atoms with Crippen molar-refractivity contribution in [1.82, 2.24) is 9.88 Å². The fraction of sp³-hybridized carbons (Fsp3) is 0.520. The Morgan fingerprint density at radius 1 is 0.984 bits per heavy atom. The van der Waals surface area contributed by atoms with E-state index in [0.717, 1.165) is 33.9 Å². The van der Waals surface area contributed by atoms with Crippen molar-refractivity contribution in [1.29, 1.82) is 0 Å². The van der Waals surface area contributed by atoms with Gasteiger partial charge in [-0.05, 0) is 76.0 Å². The minimum atomic E-state index is -1.26. The van der Waals surface area contributed by atoms with Crippen LogP contribution in [0.5, 0.6) is 0 Å². The number of fused-ring (bicyclic) bond motifs is 1. The standard InChI is InChI=1S/C50H66N2O10/c1-8-44-40(31-58-30-36-15-10-9-11-16-36)25-32(2)20-21-42(54)33(3)26-39(22-23-53)48(34(4)43(55)28-45(56)61-44)62-50-47(57)46(52(6)7)49(35(5)60-50)59-24-14-17-37-27-38-18-12-13-19-41(38)51-29-37/h9-21,23,25,27,29,33-35,39-40,43-44,46-50,55,57H,8,22,24,26,28,30-31H2,1-7H3/b17-14+,21-20+,32-25+/t33-,34+,35-,39+,40-,43-,44-,46-,47-,48-,49-,50+/m1/s1. The van der Waals surface area contributed by atoms with Gasteiger partial charge in [0.1, 0.15) is 24.6 Å². The molecule has 0 radical (unpaired) electrons. The third-order valence-electron chi connectivity index (χ3n) is 12.0. The second kappa shape index (κ2) is 23.9. The Kier molecular flexibility index (Phi) is 18.7. The predicted molar refractivity (Wildman–Crippen MR) is 239 cm³/mol. The van der Waals surface area contributed by atoms with E-state index in [-0.39, 0.29) is 44.2 Å². The van der Waals surface area contributed by atoms with E-state index in [1.807, 2.05) is 113 Å². The first kappa shape index (κ1) is 48.6. The van der Waals surface area contributed by atoms with E-state index in [9.17, 15) is 24.6 Å². The first-order valence-electron chi connectivity index (χ1n) is 21.9. The van der Waals surface area contributed by atoms with Crippen LogP contribution in [0.2, 0.25) is 0 Å². The van der Waals surface area contributed by atoms with Gasteiger partial charge in [0, 0.05) is 35.8 Å². The number of benzene rings is 2. The summed E-state index contributed by atoms with van der Waals surface area (Å²) >= 11 is 0. The van der Waals surface area contributed by atoms with Gasteiger partial charge in [-0.2, -0.15) is 0 Å². The summed E-state index contributed by atoms with van der Waals surface area (Å²) in [5.74, 6) is -2.90. The molecule has 0 saturated carbocycles. The minimum absolute atomic E-state index is 0.00921. The maximum Gasteiger partial charge on any atom is 0.308 e. The molecular weight excluding hydrogens is 789 g/mol. The average Bonchev–Trinajstić information content (AvgIpc) is 3.25. The van der Waals surface area contributed by atoms with Gasteiger partial charge in [0.25, 0.3) is 0 Å². The molecule has 2 aromatic carbocycles. The van der Waals surface area contributed by atoms with E-state index < -0.39 is 72.7 Å². The smallest absolute Gasteiger partial charge is 0.308 e. The van der Waals surface area contributed by atoms with Crippen LogP contribution in [0.4, 0.5) is 0 Å². The van der Waals surface area contributed by atoms with Gasteiger partial charge < -0.3 is 43.6 Å². The summed E-state index contributed by atoms with van der Waals surface area (Å²) in [4.78, 5) is 45.9. The summed E-state index contributed by atoms with van der Waals surface area (Å²) in [6.45, 7) is 10.1. The van der Waals surface area contributed by atoms with Crippen molar-refractivity contribution in [2.45, 2.75) is 116 Å². The third-order valence-corrected chi connectivity index (χ3v) is 12.0. The first-order valence-corrected chi connectivity index (χ1v) is 21.9. The Labute approximate surface area is 366 Å². The highest BCUT2D eigenvalue weighted by atomic mass is 16.7. The van der Waals surface area contributed by atoms with Crippen molar-refractivity contribution in [2.75, 3.05) is 27.3 Å². The number of aliphatic hydroxyl groups excluding tert-OH is 2. The lowest BCUT2D eigenvalue weighted by Crippen LogP contribution is -2.64. The molecule has 12 nitrogen and oxygen atoms in total. The van der Waals surface area contributed by atoms with Crippen LogP contribution in [0.1, 0.15) is 71.4 Å². The summed E-state index contributed by atoms with van der Waals surface area (Å²) in [6.07, 6.45) is 5.80. The van der Waals surface area contributed by atoms with Gasteiger partial charge >= 0.3 is 5.97 Å². The molecule has 0 aliphatic carbocycles. The second-order valence-corrected chi connectivity index (χ2v) is 17.1. The van der Waals surface area contributed by atoms with Crippen molar-refractivity contribution in [3.63, 3.8) is 0 Å². The summed E-state index contributed by atoms with van der Waals surface area (Å²) in [7, 11) is 3.69. The lowest BCUT2D eigenvalue weighted by molar-refractivity contribution is -0.308. The summed E-state index contributed by atoms with van der Waals surface area (Å²) in [5, 5.41) is 24.7. The van der Waals surface area contributed by atoms with Crippen LogP contribution in [0, 0.1) is 23.7 Å². The number of carbonyl (C=O) groups excluding carboxylic acids is 3. The zero-order valence-electron chi connectivity index (χ0n) is 37.2. The van der Waals surface area contributed by atoms with Crippen molar-refractivity contribution >= 4 is 35.0 Å². The lowest BCUT2D eigenvalue weighted by Gasteiger charge is -2.48. The van der Waals surface area contributed by atoms with E-state index in [4.69, 9.17) is 23.7 Å². The fourth-order valence-electron chi connectivity index (χ4n) is 8.54. The van der Waals surface area contributed by atoms with Gasteiger partial charge in [-0.15, -0.1) is 0 Å². The molecule has 62 heavy (non-hydrogen) atoms. The van der Waals surface area contributed by atoms with Gasteiger partial charge in [0.15, 0.2) is 12.1 Å². The number of ketones is 1. The number of rotatable bonds is 14. The van der Waals surface area contributed by atoms with Crippen LogP contribution in [0.3, 0.4) is 0 Å². The molecule has 2 N–H and O–H groups in total. The zero-order valence-corrected chi connectivity index (χ0v) is 37.2. The monoisotopic (exact) mass is 854 g/mol. The molecular formula is C50H66N2O10. The topological polar surface area (TPSA) is 154 Å². The van der Waals surface area contributed by atoms with Crippen molar-refractivity contribution in [2.24, 2.45) is 23.7 Å². The highest BCUT2D eigenvalue weighted by molar-refractivity contribution is 5.91. The van der Waals surface area contributed by atoms with Gasteiger partial charge in [-0.25, -0.2) is 0 Å². The van der Waals surface area contributed by atoms with Crippen molar-refractivity contribution in [3.05, 3.63) is 108 Å². The molecule has 0 spiro atoms. The normalized spacial score (nSPS) is 32.1. The van der Waals surface area contributed by atoms with E-state index in [1.54, 1.807) is 26.1 Å². The van der Waals surface area contributed by atoms with E-state index in [1.165, 1.54) is 6.08 Å². The number of allylic oxidation sites excluding steroid dienone is 3. The predicted octanol–water partition coefficient (Wildman–Crippen LogP) is 6.91. The Morgan fingerprint density at radius 3 is 2.45 bits per heavy atom.